The summed E-state index contributed by atoms with van der Waals surface area (Å²) in [5, 5.41) is 13.5. The minimum atomic E-state index is -0.0535. The molecule has 0 saturated carbocycles. The van der Waals surface area contributed by atoms with Crippen molar-refractivity contribution in [2.75, 3.05) is 6.54 Å². The minimum absolute atomic E-state index is 0.0535. The van der Waals surface area contributed by atoms with Crippen LogP contribution in [0.3, 0.4) is 0 Å². The van der Waals surface area contributed by atoms with Gasteiger partial charge in [0.25, 0.3) is 0 Å². The van der Waals surface area contributed by atoms with Crippen LogP contribution in [0.15, 0.2) is 35.1 Å². The second kappa shape index (κ2) is 6.83. The number of nitrogens with one attached hydrogen (secondary N) is 1. The molecule has 1 aromatic carbocycles. The lowest BCUT2D eigenvalue weighted by Crippen LogP contribution is -2.24. The van der Waals surface area contributed by atoms with Crippen LogP contribution in [0.5, 0.6) is 5.88 Å². The SMILES string of the molecule is O=c1n(CCCCNCc2ccccc2)c(O)c2n1CCC2. The molecule has 0 unspecified atom stereocenters. The van der Waals surface area contributed by atoms with Crippen LogP contribution in [0.2, 0.25) is 0 Å². The van der Waals surface area contributed by atoms with Crippen LogP contribution in [0, 0.1) is 0 Å². The zero-order valence-corrected chi connectivity index (χ0v) is 12.8. The van der Waals surface area contributed by atoms with Crippen LogP contribution >= 0.6 is 0 Å². The van der Waals surface area contributed by atoms with Gasteiger partial charge in [0.1, 0.15) is 0 Å². The maximum Gasteiger partial charge on any atom is 0.331 e. The monoisotopic (exact) mass is 301 g/mol. The number of nitrogens with zero attached hydrogens (tertiary/aromatic N) is 2. The third-order valence-corrected chi connectivity index (χ3v) is 4.25. The molecule has 1 aromatic heterocycles. The van der Waals surface area contributed by atoms with Gasteiger partial charge in [0.05, 0.1) is 5.69 Å². The average Bonchev–Trinajstić information content (AvgIpc) is 3.10. The molecule has 22 heavy (non-hydrogen) atoms. The van der Waals surface area contributed by atoms with Gasteiger partial charge in [-0.3, -0.25) is 9.13 Å². The van der Waals surface area contributed by atoms with E-state index >= 15 is 0 Å². The van der Waals surface area contributed by atoms with Crippen molar-refractivity contribution in [1.29, 1.82) is 0 Å². The predicted molar refractivity (Wildman–Crippen MR) is 86.1 cm³/mol. The lowest BCUT2D eigenvalue weighted by molar-refractivity contribution is 0.400. The van der Waals surface area contributed by atoms with Gasteiger partial charge in [0.15, 0.2) is 0 Å². The maximum atomic E-state index is 12.1. The van der Waals surface area contributed by atoms with Crippen molar-refractivity contribution in [3.05, 3.63) is 52.1 Å². The molecular formula is C17H23N3O2. The largest absolute Gasteiger partial charge is 0.493 e. The standard InChI is InChI=1S/C17H23N3O2/c21-16-15-9-6-12-19(15)17(22)20(16)11-5-4-10-18-13-14-7-2-1-3-8-14/h1-3,7-8,18,21H,4-6,9-13H2. The summed E-state index contributed by atoms with van der Waals surface area (Å²) in [6.45, 7) is 3.12. The summed E-state index contributed by atoms with van der Waals surface area (Å²) >= 11 is 0. The van der Waals surface area contributed by atoms with E-state index in [1.54, 1.807) is 4.57 Å². The van der Waals surface area contributed by atoms with Crippen LogP contribution in [0.25, 0.3) is 0 Å². The van der Waals surface area contributed by atoms with E-state index < -0.39 is 0 Å². The number of hydrogen-bond acceptors (Lipinski definition) is 3. The fourth-order valence-electron chi connectivity index (χ4n) is 3.06. The lowest BCUT2D eigenvalue weighted by atomic mass is 10.2. The molecule has 1 aliphatic rings. The van der Waals surface area contributed by atoms with Gasteiger partial charge >= 0.3 is 5.69 Å². The highest BCUT2D eigenvalue weighted by molar-refractivity contribution is 5.22. The zero-order valence-electron chi connectivity index (χ0n) is 12.8. The smallest absolute Gasteiger partial charge is 0.331 e. The fraction of sp³-hybridized carbons (Fsp3) is 0.471. The Morgan fingerprint density at radius 2 is 2.00 bits per heavy atom. The molecule has 0 fully saturated rings. The van der Waals surface area contributed by atoms with Crippen LogP contribution in [0.4, 0.5) is 0 Å². The summed E-state index contributed by atoms with van der Waals surface area (Å²) in [7, 11) is 0. The number of aromatic nitrogens is 2. The molecule has 3 rings (SSSR count). The number of unbranched alkanes of at least 4 members (excludes halogenated alkanes) is 1. The summed E-state index contributed by atoms with van der Waals surface area (Å²) in [6.07, 6.45) is 3.65. The van der Waals surface area contributed by atoms with Gasteiger partial charge < -0.3 is 10.4 Å². The first-order valence-electron chi connectivity index (χ1n) is 8.03. The van der Waals surface area contributed by atoms with Crippen molar-refractivity contribution in [2.24, 2.45) is 0 Å². The molecule has 0 atom stereocenters. The Morgan fingerprint density at radius 1 is 1.18 bits per heavy atom. The summed E-state index contributed by atoms with van der Waals surface area (Å²) in [6, 6.07) is 10.3. The first-order chi connectivity index (χ1) is 10.8. The van der Waals surface area contributed by atoms with E-state index in [2.05, 4.69) is 17.4 Å². The highest BCUT2D eigenvalue weighted by atomic mass is 16.3. The van der Waals surface area contributed by atoms with E-state index in [1.165, 1.54) is 10.1 Å². The Balaban J connectivity index is 1.42. The third-order valence-electron chi connectivity index (χ3n) is 4.25. The van der Waals surface area contributed by atoms with Crippen molar-refractivity contribution in [2.45, 2.75) is 45.3 Å². The van der Waals surface area contributed by atoms with E-state index in [9.17, 15) is 9.90 Å². The Kier molecular flexibility index (Phi) is 4.63. The van der Waals surface area contributed by atoms with Crippen molar-refractivity contribution in [1.82, 2.24) is 14.5 Å². The molecule has 0 amide bonds. The highest BCUT2D eigenvalue weighted by Gasteiger charge is 2.22. The maximum absolute atomic E-state index is 12.1. The molecule has 5 nitrogen and oxygen atoms in total. The molecule has 0 saturated heterocycles. The van der Waals surface area contributed by atoms with E-state index in [0.717, 1.165) is 51.0 Å². The molecular weight excluding hydrogens is 278 g/mol. The number of rotatable bonds is 7. The van der Waals surface area contributed by atoms with Crippen LogP contribution < -0.4 is 11.0 Å². The summed E-state index contributed by atoms with van der Waals surface area (Å²) in [5.74, 6) is 0.180. The molecule has 0 bridgehead atoms. The number of fused-ring (bicyclic) bond motifs is 1. The van der Waals surface area contributed by atoms with Gasteiger partial charge in [0.2, 0.25) is 5.88 Å². The van der Waals surface area contributed by atoms with E-state index in [0.29, 0.717) is 6.54 Å². The topological polar surface area (TPSA) is 59.2 Å². The third kappa shape index (κ3) is 3.09. The van der Waals surface area contributed by atoms with Crippen LogP contribution in [-0.2, 0) is 26.1 Å². The number of aromatic hydroxyl groups is 1. The van der Waals surface area contributed by atoms with Crippen molar-refractivity contribution in [3.8, 4) is 5.88 Å². The normalized spacial score (nSPS) is 13.5. The minimum Gasteiger partial charge on any atom is -0.493 e. The average molecular weight is 301 g/mol. The second-order valence-corrected chi connectivity index (χ2v) is 5.83. The second-order valence-electron chi connectivity index (χ2n) is 5.83. The van der Waals surface area contributed by atoms with Crippen molar-refractivity contribution in [3.63, 3.8) is 0 Å². The van der Waals surface area contributed by atoms with E-state index in [1.807, 2.05) is 18.2 Å². The van der Waals surface area contributed by atoms with Gasteiger partial charge in [-0.05, 0) is 37.8 Å². The first-order valence-corrected chi connectivity index (χ1v) is 8.03. The van der Waals surface area contributed by atoms with Gasteiger partial charge in [-0.2, -0.15) is 0 Å². The quantitative estimate of drug-likeness (QED) is 0.768. The molecule has 118 valence electrons. The van der Waals surface area contributed by atoms with Gasteiger partial charge in [-0.15, -0.1) is 0 Å². The molecule has 0 aliphatic carbocycles. The van der Waals surface area contributed by atoms with Gasteiger partial charge in [0, 0.05) is 19.6 Å². The molecule has 0 radical (unpaired) electrons. The summed E-state index contributed by atoms with van der Waals surface area (Å²) in [4.78, 5) is 12.1. The summed E-state index contributed by atoms with van der Waals surface area (Å²) < 4.78 is 3.23. The van der Waals surface area contributed by atoms with Crippen LogP contribution in [0.1, 0.15) is 30.5 Å². The molecule has 5 heteroatoms. The highest BCUT2D eigenvalue weighted by Crippen LogP contribution is 2.23. The summed E-state index contributed by atoms with van der Waals surface area (Å²) in [5.41, 5.74) is 2.04. The van der Waals surface area contributed by atoms with Crippen molar-refractivity contribution >= 4 is 0 Å². The first kappa shape index (κ1) is 14.9. The van der Waals surface area contributed by atoms with Crippen molar-refractivity contribution < 1.29 is 5.11 Å². The molecule has 2 heterocycles. The Bertz CT molecular complexity index is 673. The molecule has 2 aromatic rings. The zero-order chi connectivity index (χ0) is 15.4. The number of hydrogen-bond donors (Lipinski definition) is 2. The lowest BCUT2D eigenvalue weighted by Gasteiger charge is -2.06. The number of imidazole rings is 1. The van der Waals surface area contributed by atoms with E-state index in [4.69, 9.17) is 0 Å². The molecule has 1 aliphatic heterocycles. The Labute approximate surface area is 130 Å². The number of benzene rings is 1. The molecule has 2 N–H and O–H groups in total. The van der Waals surface area contributed by atoms with Gasteiger partial charge in [-0.1, -0.05) is 30.3 Å². The Hall–Kier alpha value is -2.01. The van der Waals surface area contributed by atoms with Crippen LogP contribution in [-0.4, -0.2) is 20.8 Å². The molecule has 0 spiro atoms. The van der Waals surface area contributed by atoms with E-state index in [-0.39, 0.29) is 11.6 Å². The predicted octanol–water partition coefficient (Wildman–Crippen LogP) is 1.87. The fourth-order valence-corrected chi connectivity index (χ4v) is 3.06. The Morgan fingerprint density at radius 3 is 2.77 bits per heavy atom. The van der Waals surface area contributed by atoms with Gasteiger partial charge in [-0.25, -0.2) is 4.79 Å².